The Bertz CT molecular complexity index is 1590. The lowest BCUT2D eigenvalue weighted by Gasteiger charge is -2.36. The molecule has 1 aromatic carbocycles. The summed E-state index contributed by atoms with van der Waals surface area (Å²) in [6, 6.07) is 4.08. The minimum atomic E-state index is -4.63. The van der Waals surface area contributed by atoms with Crippen molar-refractivity contribution in [1.82, 2.24) is 29.2 Å². The fraction of sp³-hybridized carbons (Fsp3) is 0.594. The van der Waals surface area contributed by atoms with Crippen LogP contribution in [0.4, 0.5) is 13.2 Å². The molecule has 0 aliphatic carbocycles. The van der Waals surface area contributed by atoms with Crippen molar-refractivity contribution < 1.29 is 31.2 Å². The number of piperidine rings is 1. The maximum Gasteiger partial charge on any atom is 0.416 e. The van der Waals surface area contributed by atoms with Gasteiger partial charge in [0, 0.05) is 87.6 Å². The monoisotopic (exact) mass is 664 g/mol. The Morgan fingerprint density at radius 2 is 1.83 bits per heavy atom. The van der Waals surface area contributed by atoms with Crippen molar-refractivity contribution in [3.63, 3.8) is 0 Å². The summed E-state index contributed by atoms with van der Waals surface area (Å²) < 4.78 is 70.0. The molecule has 252 valence electrons. The SMILES string of the molecule is CC(C)=CC(=O)NCc1cc(-c2nn(CCCN3CCC(N4CCCC4=O)CC3)c3c2CN(S(C)(=O)=O)CC3)ccc1C(F)(F)F. The number of allylic oxidation sites excluding steroid dienone is 1. The van der Waals surface area contributed by atoms with E-state index < -0.39 is 27.7 Å². The van der Waals surface area contributed by atoms with Gasteiger partial charge in [-0.15, -0.1) is 0 Å². The van der Waals surface area contributed by atoms with Crippen LogP contribution >= 0.6 is 0 Å². The average Bonchev–Trinajstić information content (AvgIpc) is 3.58. The summed E-state index contributed by atoms with van der Waals surface area (Å²) >= 11 is 0. The highest BCUT2D eigenvalue weighted by Gasteiger charge is 2.35. The Balaban J connectivity index is 1.36. The molecule has 2 fully saturated rings. The van der Waals surface area contributed by atoms with E-state index >= 15 is 0 Å². The number of aryl methyl sites for hydroxylation is 1. The van der Waals surface area contributed by atoms with E-state index in [4.69, 9.17) is 5.10 Å². The second kappa shape index (κ2) is 13.9. The van der Waals surface area contributed by atoms with E-state index in [0.717, 1.165) is 75.5 Å². The first-order chi connectivity index (χ1) is 21.7. The summed E-state index contributed by atoms with van der Waals surface area (Å²) in [5.41, 5.74) is 2.23. The molecule has 0 saturated carbocycles. The summed E-state index contributed by atoms with van der Waals surface area (Å²) in [5, 5.41) is 7.40. The van der Waals surface area contributed by atoms with Crippen molar-refractivity contribution in [1.29, 1.82) is 0 Å². The number of rotatable bonds is 10. The van der Waals surface area contributed by atoms with Gasteiger partial charge in [-0.05, 0) is 63.8 Å². The zero-order valence-electron chi connectivity index (χ0n) is 26.7. The largest absolute Gasteiger partial charge is 0.416 e. The number of alkyl halides is 3. The number of nitrogens with zero attached hydrogens (tertiary/aromatic N) is 5. The summed E-state index contributed by atoms with van der Waals surface area (Å²) in [7, 11) is -3.50. The zero-order chi connectivity index (χ0) is 33.2. The van der Waals surface area contributed by atoms with Gasteiger partial charge in [0.2, 0.25) is 21.8 Å². The van der Waals surface area contributed by atoms with E-state index in [-0.39, 0.29) is 24.6 Å². The molecule has 5 rings (SSSR count). The highest BCUT2D eigenvalue weighted by Crippen LogP contribution is 2.37. The van der Waals surface area contributed by atoms with Gasteiger partial charge in [0.15, 0.2) is 0 Å². The van der Waals surface area contributed by atoms with Crippen LogP contribution in [0.1, 0.15) is 68.3 Å². The molecule has 0 bridgehead atoms. The van der Waals surface area contributed by atoms with Crippen LogP contribution < -0.4 is 5.32 Å². The first-order valence-corrected chi connectivity index (χ1v) is 17.7. The predicted molar refractivity (Wildman–Crippen MR) is 168 cm³/mol. The third-order valence-electron chi connectivity index (χ3n) is 9.08. The van der Waals surface area contributed by atoms with Crippen molar-refractivity contribution in [2.24, 2.45) is 0 Å². The quantitative estimate of drug-likeness (QED) is 0.386. The Labute approximate surface area is 268 Å². The first-order valence-electron chi connectivity index (χ1n) is 15.9. The van der Waals surface area contributed by atoms with Crippen LogP contribution in [0.15, 0.2) is 29.8 Å². The van der Waals surface area contributed by atoms with Gasteiger partial charge < -0.3 is 15.1 Å². The van der Waals surface area contributed by atoms with E-state index in [1.165, 1.54) is 22.5 Å². The van der Waals surface area contributed by atoms with E-state index in [1.54, 1.807) is 13.8 Å². The van der Waals surface area contributed by atoms with Crippen LogP contribution in [0.3, 0.4) is 0 Å². The number of carbonyl (C=O) groups excluding carboxylic acids is 2. The van der Waals surface area contributed by atoms with Crippen molar-refractivity contribution in [3.8, 4) is 11.3 Å². The molecule has 3 aliphatic heterocycles. The van der Waals surface area contributed by atoms with Crippen LogP contribution in [-0.2, 0) is 51.8 Å². The molecule has 2 amide bonds. The number of nitrogens with one attached hydrogen (secondary N) is 1. The van der Waals surface area contributed by atoms with Crippen molar-refractivity contribution in [2.75, 3.05) is 39.0 Å². The van der Waals surface area contributed by atoms with E-state index in [1.807, 2.05) is 9.58 Å². The first kappa shape index (κ1) is 34.1. The fourth-order valence-electron chi connectivity index (χ4n) is 6.78. The molecule has 10 nitrogen and oxygen atoms in total. The molecule has 0 radical (unpaired) electrons. The minimum Gasteiger partial charge on any atom is -0.348 e. The lowest BCUT2D eigenvalue weighted by molar-refractivity contribution is -0.138. The van der Waals surface area contributed by atoms with Gasteiger partial charge in [-0.1, -0.05) is 11.6 Å². The Kier molecular flexibility index (Phi) is 10.3. The molecule has 1 N–H and O–H groups in total. The second-order valence-corrected chi connectivity index (χ2v) is 14.8. The molecule has 0 unspecified atom stereocenters. The van der Waals surface area contributed by atoms with Crippen molar-refractivity contribution in [2.45, 2.75) is 84.2 Å². The van der Waals surface area contributed by atoms with Crippen molar-refractivity contribution >= 4 is 21.8 Å². The summed E-state index contributed by atoms with van der Waals surface area (Å²) in [4.78, 5) is 28.8. The number of aromatic nitrogens is 2. The van der Waals surface area contributed by atoms with Gasteiger partial charge in [0.05, 0.1) is 17.5 Å². The topological polar surface area (TPSA) is 108 Å². The number of hydrogen-bond donors (Lipinski definition) is 1. The number of amides is 2. The third kappa shape index (κ3) is 8.00. The summed E-state index contributed by atoms with van der Waals surface area (Å²) in [6.45, 7) is 7.62. The minimum absolute atomic E-state index is 0.0832. The third-order valence-corrected chi connectivity index (χ3v) is 10.3. The predicted octanol–water partition coefficient (Wildman–Crippen LogP) is 3.95. The smallest absolute Gasteiger partial charge is 0.348 e. The highest BCUT2D eigenvalue weighted by atomic mass is 32.2. The maximum atomic E-state index is 13.9. The lowest BCUT2D eigenvalue weighted by Crippen LogP contribution is -2.45. The van der Waals surface area contributed by atoms with Crippen LogP contribution in [0.25, 0.3) is 11.3 Å². The van der Waals surface area contributed by atoms with E-state index in [9.17, 15) is 31.2 Å². The molecule has 4 heterocycles. The molecule has 14 heteroatoms. The van der Waals surface area contributed by atoms with Crippen LogP contribution in [0.5, 0.6) is 0 Å². The van der Waals surface area contributed by atoms with Gasteiger partial charge in [-0.3, -0.25) is 14.3 Å². The van der Waals surface area contributed by atoms with Gasteiger partial charge in [-0.2, -0.15) is 22.6 Å². The average molecular weight is 665 g/mol. The van der Waals surface area contributed by atoms with Crippen LogP contribution in [0.2, 0.25) is 0 Å². The molecule has 1 aromatic heterocycles. The number of sulfonamides is 1. The number of carbonyl (C=O) groups is 2. The Morgan fingerprint density at radius 1 is 1.09 bits per heavy atom. The summed E-state index contributed by atoms with van der Waals surface area (Å²) in [5.74, 6) is -0.224. The molecule has 2 saturated heterocycles. The zero-order valence-corrected chi connectivity index (χ0v) is 27.5. The molecule has 2 aromatic rings. The summed E-state index contributed by atoms with van der Waals surface area (Å²) in [6.07, 6.45) is 2.60. The van der Waals surface area contributed by atoms with Gasteiger partial charge in [0.25, 0.3) is 0 Å². The van der Waals surface area contributed by atoms with E-state index in [0.29, 0.717) is 48.8 Å². The molecular formula is C32H43F3N6O4S. The number of halogens is 3. The highest BCUT2D eigenvalue weighted by molar-refractivity contribution is 7.88. The second-order valence-electron chi connectivity index (χ2n) is 12.8. The van der Waals surface area contributed by atoms with Crippen LogP contribution in [-0.4, -0.2) is 89.1 Å². The molecular weight excluding hydrogens is 621 g/mol. The molecule has 3 aliphatic rings. The van der Waals surface area contributed by atoms with Gasteiger partial charge >= 0.3 is 6.18 Å². The number of hydrogen-bond acceptors (Lipinski definition) is 6. The van der Waals surface area contributed by atoms with Gasteiger partial charge in [0.1, 0.15) is 0 Å². The van der Waals surface area contributed by atoms with Crippen LogP contribution in [0, 0.1) is 0 Å². The number of fused-ring (bicyclic) bond motifs is 1. The molecule has 46 heavy (non-hydrogen) atoms. The fourth-order valence-corrected chi connectivity index (χ4v) is 7.57. The number of likely N-dealkylation sites (tertiary alicyclic amines) is 2. The maximum absolute atomic E-state index is 13.9. The standard InChI is InChI=1S/C32H43F3N6O4S/c1-22(2)18-29(42)36-20-24-19-23(7-8-27(24)32(33,34)35)31-26-21-39(46(3,44)45)17-11-28(26)41(37-31)14-5-12-38-15-9-25(10-16-38)40-13-4-6-30(40)43/h7-8,18-19,25H,4-6,9-17,20-21H2,1-3H3,(H,36,42). The molecule has 0 atom stereocenters. The van der Waals surface area contributed by atoms with Gasteiger partial charge in [-0.25, -0.2) is 8.42 Å². The molecule has 0 spiro atoms. The lowest BCUT2D eigenvalue weighted by atomic mass is 9.97. The Morgan fingerprint density at radius 3 is 2.46 bits per heavy atom. The Hall–Kier alpha value is -3.23. The van der Waals surface area contributed by atoms with E-state index in [2.05, 4.69) is 10.2 Å². The number of benzene rings is 1. The van der Waals surface area contributed by atoms with Crippen molar-refractivity contribution in [3.05, 3.63) is 52.2 Å². The normalized spacial score (nSPS) is 18.6.